The van der Waals surface area contributed by atoms with Crippen LogP contribution >= 0.6 is 11.3 Å². The molecule has 0 aromatic carbocycles. The van der Waals surface area contributed by atoms with Crippen LogP contribution in [0, 0.1) is 11.3 Å². The van der Waals surface area contributed by atoms with Gasteiger partial charge in [-0.3, -0.25) is 4.79 Å². The first-order valence-corrected chi connectivity index (χ1v) is 7.89. The van der Waals surface area contributed by atoms with E-state index < -0.39 is 0 Å². The Morgan fingerprint density at radius 2 is 2.29 bits per heavy atom. The molecule has 1 aliphatic heterocycles. The summed E-state index contributed by atoms with van der Waals surface area (Å²) in [6.45, 7) is 2.09. The Morgan fingerprint density at radius 1 is 1.48 bits per heavy atom. The van der Waals surface area contributed by atoms with Crippen molar-refractivity contribution in [3.05, 3.63) is 44.7 Å². The second kappa shape index (κ2) is 5.38. The minimum atomic E-state index is -0.350. The largest absolute Gasteiger partial charge is 0.444 e. The molecule has 0 saturated carbocycles. The molecule has 108 valence electrons. The van der Waals surface area contributed by atoms with Gasteiger partial charge in [0.25, 0.3) is 0 Å². The van der Waals surface area contributed by atoms with Crippen molar-refractivity contribution in [3.8, 4) is 6.07 Å². The zero-order valence-corrected chi connectivity index (χ0v) is 12.6. The van der Waals surface area contributed by atoms with E-state index >= 15 is 0 Å². The molecule has 0 spiro atoms. The number of aryl methyl sites for hydroxylation is 1. The molecule has 3 rings (SSSR count). The van der Waals surface area contributed by atoms with Crippen LogP contribution in [0.15, 0.2) is 34.9 Å². The molecule has 2 aliphatic rings. The van der Waals surface area contributed by atoms with E-state index in [4.69, 9.17) is 10.5 Å². The van der Waals surface area contributed by atoms with Crippen LogP contribution < -0.4 is 5.73 Å². The first-order chi connectivity index (χ1) is 10.2. The van der Waals surface area contributed by atoms with Gasteiger partial charge in [-0.15, -0.1) is 11.3 Å². The summed E-state index contributed by atoms with van der Waals surface area (Å²) in [7, 11) is 0. The maximum Gasteiger partial charge on any atom is 0.205 e. The summed E-state index contributed by atoms with van der Waals surface area (Å²) >= 11 is 1.64. The number of carbonyl (C=O) groups is 1. The molecule has 5 heteroatoms. The summed E-state index contributed by atoms with van der Waals surface area (Å²) in [5.41, 5.74) is 6.89. The number of ketones is 1. The van der Waals surface area contributed by atoms with E-state index in [1.165, 1.54) is 4.88 Å². The van der Waals surface area contributed by atoms with Gasteiger partial charge in [0.2, 0.25) is 5.88 Å². The van der Waals surface area contributed by atoms with E-state index in [2.05, 4.69) is 13.0 Å². The molecule has 4 nitrogen and oxygen atoms in total. The number of allylic oxidation sites excluding steroid dienone is 3. The molecule has 0 amide bonds. The third kappa shape index (κ3) is 2.26. The summed E-state index contributed by atoms with van der Waals surface area (Å²) in [5.74, 6) is 0.520. The van der Waals surface area contributed by atoms with Crippen molar-refractivity contribution in [2.75, 3.05) is 0 Å². The van der Waals surface area contributed by atoms with Crippen molar-refractivity contribution >= 4 is 17.1 Å². The lowest BCUT2D eigenvalue weighted by Gasteiger charge is -2.30. The Bertz CT molecular complexity index is 706. The molecule has 0 saturated heterocycles. The van der Waals surface area contributed by atoms with Gasteiger partial charge >= 0.3 is 0 Å². The number of hydrogen-bond acceptors (Lipinski definition) is 5. The molecular formula is C16H16N2O2S. The number of Topliss-reactive ketones (excluding diaryl/α,β-unsaturated/α-hetero) is 1. The highest BCUT2D eigenvalue weighted by molar-refractivity contribution is 7.12. The monoisotopic (exact) mass is 300 g/mol. The number of ether oxygens (including phenoxy) is 1. The molecule has 1 aliphatic carbocycles. The van der Waals surface area contributed by atoms with Crippen LogP contribution in [-0.4, -0.2) is 5.78 Å². The average Bonchev–Trinajstić information content (AvgIpc) is 2.94. The van der Waals surface area contributed by atoms with Gasteiger partial charge in [0.15, 0.2) is 5.78 Å². The van der Waals surface area contributed by atoms with Crippen LogP contribution in [0.1, 0.15) is 41.9 Å². The fourth-order valence-corrected chi connectivity index (χ4v) is 3.95. The first-order valence-electron chi connectivity index (χ1n) is 7.08. The fourth-order valence-electron chi connectivity index (χ4n) is 2.88. The van der Waals surface area contributed by atoms with Crippen molar-refractivity contribution in [2.24, 2.45) is 5.73 Å². The predicted octanol–water partition coefficient (Wildman–Crippen LogP) is 3.13. The Balaban J connectivity index is 2.14. The lowest BCUT2D eigenvalue weighted by Crippen LogP contribution is -2.26. The second-order valence-corrected chi connectivity index (χ2v) is 6.40. The zero-order chi connectivity index (χ0) is 15.0. The predicted molar refractivity (Wildman–Crippen MR) is 80.2 cm³/mol. The quantitative estimate of drug-likeness (QED) is 0.910. The van der Waals surface area contributed by atoms with Crippen LogP contribution in [0.25, 0.3) is 0 Å². The number of nitriles is 1. The minimum absolute atomic E-state index is 0.0768. The maximum atomic E-state index is 12.4. The normalized spacial score (nSPS) is 21.9. The van der Waals surface area contributed by atoms with Gasteiger partial charge in [-0.2, -0.15) is 5.26 Å². The van der Waals surface area contributed by atoms with E-state index in [0.717, 1.165) is 17.7 Å². The van der Waals surface area contributed by atoms with Crippen molar-refractivity contribution in [2.45, 2.75) is 38.5 Å². The van der Waals surface area contributed by atoms with E-state index in [9.17, 15) is 10.1 Å². The van der Waals surface area contributed by atoms with Crippen LogP contribution in [-0.2, 0) is 16.0 Å². The molecular weight excluding hydrogens is 284 g/mol. The van der Waals surface area contributed by atoms with Gasteiger partial charge in [0, 0.05) is 28.2 Å². The highest BCUT2D eigenvalue weighted by atomic mass is 32.1. The highest BCUT2D eigenvalue weighted by Crippen LogP contribution is 2.45. The average molecular weight is 300 g/mol. The summed E-state index contributed by atoms with van der Waals surface area (Å²) in [4.78, 5) is 14.6. The Morgan fingerprint density at radius 3 is 2.95 bits per heavy atom. The smallest absolute Gasteiger partial charge is 0.205 e. The summed E-state index contributed by atoms with van der Waals surface area (Å²) in [5, 5.41) is 9.44. The number of carbonyl (C=O) groups excluding carboxylic acids is 1. The number of rotatable bonds is 2. The van der Waals surface area contributed by atoms with Crippen molar-refractivity contribution in [3.63, 3.8) is 0 Å². The van der Waals surface area contributed by atoms with E-state index in [-0.39, 0.29) is 17.6 Å². The molecule has 0 unspecified atom stereocenters. The van der Waals surface area contributed by atoms with Crippen LogP contribution in [0.4, 0.5) is 0 Å². The number of thiophene rings is 1. The molecule has 0 fully saturated rings. The maximum absolute atomic E-state index is 12.4. The van der Waals surface area contributed by atoms with E-state index in [1.54, 1.807) is 11.3 Å². The Hall–Kier alpha value is -2.06. The molecule has 1 aromatic heterocycles. The van der Waals surface area contributed by atoms with Gasteiger partial charge in [-0.1, -0.05) is 6.92 Å². The van der Waals surface area contributed by atoms with Crippen molar-refractivity contribution < 1.29 is 9.53 Å². The molecule has 1 atom stereocenters. The Labute approximate surface area is 127 Å². The lowest BCUT2D eigenvalue weighted by molar-refractivity contribution is -0.116. The van der Waals surface area contributed by atoms with Gasteiger partial charge < -0.3 is 10.5 Å². The summed E-state index contributed by atoms with van der Waals surface area (Å²) in [6, 6.07) is 6.18. The summed E-state index contributed by atoms with van der Waals surface area (Å²) in [6.07, 6.45) is 2.95. The van der Waals surface area contributed by atoms with Gasteiger partial charge in [-0.25, -0.2) is 0 Å². The molecule has 0 bridgehead atoms. The van der Waals surface area contributed by atoms with Crippen LogP contribution in [0.3, 0.4) is 0 Å². The Kier molecular flexibility index (Phi) is 3.56. The topological polar surface area (TPSA) is 76.1 Å². The third-order valence-electron chi connectivity index (χ3n) is 3.92. The van der Waals surface area contributed by atoms with Gasteiger partial charge in [0.05, 0.1) is 5.92 Å². The van der Waals surface area contributed by atoms with Gasteiger partial charge in [0.1, 0.15) is 17.4 Å². The number of hydrogen-bond donors (Lipinski definition) is 1. The second-order valence-electron chi connectivity index (χ2n) is 5.20. The van der Waals surface area contributed by atoms with Crippen molar-refractivity contribution in [1.82, 2.24) is 0 Å². The van der Waals surface area contributed by atoms with Crippen LogP contribution in [0.2, 0.25) is 0 Å². The minimum Gasteiger partial charge on any atom is -0.444 e. The van der Waals surface area contributed by atoms with E-state index in [0.29, 0.717) is 29.7 Å². The molecule has 2 heterocycles. The van der Waals surface area contributed by atoms with Crippen molar-refractivity contribution in [1.29, 1.82) is 5.26 Å². The van der Waals surface area contributed by atoms with E-state index in [1.807, 2.05) is 12.1 Å². The molecule has 2 N–H and O–H groups in total. The highest BCUT2D eigenvalue weighted by Gasteiger charge is 2.38. The SMILES string of the molecule is CCc1ccc([C@H]2C(C#N)=C(N)OC3=C2C(=O)CCC3)s1. The number of nitrogens with zero attached hydrogens (tertiary/aromatic N) is 1. The molecule has 1 aromatic rings. The molecule has 21 heavy (non-hydrogen) atoms. The fraction of sp³-hybridized carbons (Fsp3) is 0.375. The van der Waals surface area contributed by atoms with Gasteiger partial charge in [-0.05, 0) is 25.0 Å². The third-order valence-corrected chi connectivity index (χ3v) is 5.21. The lowest BCUT2D eigenvalue weighted by atomic mass is 9.80. The van der Waals surface area contributed by atoms with Crippen LogP contribution in [0.5, 0.6) is 0 Å². The molecule has 0 radical (unpaired) electrons. The standard InChI is InChI=1S/C16H16N2O2S/c1-2-9-6-7-13(21-9)14-10(8-17)16(18)20-12-5-3-4-11(19)15(12)14/h6-7,14H,2-5,18H2,1H3/t14-/m1/s1. The summed E-state index contributed by atoms with van der Waals surface area (Å²) < 4.78 is 5.55. The first kappa shape index (κ1) is 13.9. The number of nitrogens with two attached hydrogens (primary N) is 1. The zero-order valence-electron chi connectivity index (χ0n) is 11.8.